The smallest absolute Gasteiger partial charge is 0.128 e. The molecule has 108 valence electrons. The zero-order valence-corrected chi connectivity index (χ0v) is 13.6. The highest BCUT2D eigenvalue weighted by atomic mass is 79.9. The highest BCUT2D eigenvalue weighted by molar-refractivity contribution is 9.10. The van der Waals surface area contributed by atoms with Crippen LogP contribution in [-0.4, -0.2) is 10.5 Å². The number of hydrazine groups is 1. The third kappa shape index (κ3) is 3.53. The molecule has 0 spiro atoms. The van der Waals surface area contributed by atoms with Crippen LogP contribution in [0.5, 0.6) is 0 Å². The minimum absolute atomic E-state index is 0.290. The number of nitrogens with zero attached hydrogens (tertiary/aromatic N) is 1. The topological polar surface area (TPSA) is 61.8 Å². The van der Waals surface area contributed by atoms with Crippen LogP contribution in [0.2, 0.25) is 0 Å². The molecule has 3 nitrogen and oxygen atoms in total. The average molecular weight is 358 g/mol. The molecule has 0 heterocycles. The van der Waals surface area contributed by atoms with Crippen molar-refractivity contribution in [1.29, 1.82) is 5.26 Å². The van der Waals surface area contributed by atoms with E-state index in [1.165, 1.54) is 6.07 Å². The lowest BCUT2D eigenvalue weighted by molar-refractivity contribution is 0.544. The molecule has 6 heteroatoms. The second-order valence-electron chi connectivity index (χ2n) is 5.19. The molecule has 0 bridgehead atoms. The van der Waals surface area contributed by atoms with Crippen LogP contribution >= 0.6 is 27.7 Å². The number of halogens is 2. The van der Waals surface area contributed by atoms with Crippen LogP contribution in [0.4, 0.5) is 4.39 Å². The number of rotatable bonds is 6. The summed E-state index contributed by atoms with van der Waals surface area (Å²) in [5.74, 6) is 6.28. The van der Waals surface area contributed by atoms with E-state index in [-0.39, 0.29) is 11.9 Å². The van der Waals surface area contributed by atoms with Crippen LogP contribution in [-0.2, 0) is 0 Å². The monoisotopic (exact) mass is 357 g/mol. The third-order valence-electron chi connectivity index (χ3n) is 3.66. The van der Waals surface area contributed by atoms with Crippen molar-refractivity contribution in [2.24, 2.45) is 11.8 Å². The van der Waals surface area contributed by atoms with Crippen molar-refractivity contribution in [3.05, 3.63) is 34.1 Å². The normalized spacial score (nSPS) is 19.1. The van der Waals surface area contributed by atoms with Crippen LogP contribution in [0.1, 0.15) is 31.4 Å². The van der Waals surface area contributed by atoms with E-state index < -0.39 is 4.75 Å². The van der Waals surface area contributed by atoms with Crippen molar-refractivity contribution in [3.63, 3.8) is 0 Å². The largest absolute Gasteiger partial charge is 0.271 e. The second kappa shape index (κ2) is 6.44. The molecule has 1 aliphatic rings. The Labute approximate surface area is 131 Å². The van der Waals surface area contributed by atoms with E-state index in [2.05, 4.69) is 27.4 Å². The lowest BCUT2D eigenvalue weighted by atomic mass is 10.1. The first-order chi connectivity index (χ1) is 9.50. The van der Waals surface area contributed by atoms with Gasteiger partial charge in [0.1, 0.15) is 10.6 Å². The standard InChI is InChI=1S/C14H17BrFN3S/c1-14(8-17,9-2-3-9)20-7-13(19-18)11-6-10(15)4-5-12(11)16/h4-6,9,13,19H,2-3,7,18H2,1H3. The summed E-state index contributed by atoms with van der Waals surface area (Å²) < 4.78 is 14.3. The first-order valence-electron chi connectivity index (χ1n) is 6.46. The summed E-state index contributed by atoms with van der Waals surface area (Å²) >= 11 is 4.89. The summed E-state index contributed by atoms with van der Waals surface area (Å²) in [5.41, 5.74) is 3.17. The molecule has 1 saturated carbocycles. The van der Waals surface area contributed by atoms with Crippen LogP contribution in [0.3, 0.4) is 0 Å². The van der Waals surface area contributed by atoms with Crippen LogP contribution in [0, 0.1) is 23.1 Å². The molecule has 0 aliphatic heterocycles. The Bertz CT molecular complexity index is 530. The average Bonchev–Trinajstić information content (AvgIpc) is 3.27. The Kier molecular flexibility index (Phi) is 5.08. The second-order valence-corrected chi connectivity index (χ2v) is 7.57. The highest BCUT2D eigenvalue weighted by Gasteiger charge is 2.42. The molecule has 1 aromatic rings. The van der Waals surface area contributed by atoms with Gasteiger partial charge in [-0.3, -0.25) is 11.3 Å². The van der Waals surface area contributed by atoms with E-state index in [0.717, 1.165) is 17.3 Å². The number of benzene rings is 1. The summed E-state index contributed by atoms with van der Waals surface area (Å²) in [6.07, 6.45) is 2.20. The molecule has 3 N–H and O–H groups in total. The van der Waals surface area contributed by atoms with Gasteiger partial charge in [-0.1, -0.05) is 15.9 Å². The first kappa shape index (κ1) is 15.8. The molecule has 0 saturated heterocycles. The minimum Gasteiger partial charge on any atom is -0.271 e. The lowest BCUT2D eigenvalue weighted by Gasteiger charge is -2.24. The maximum absolute atomic E-state index is 13.9. The van der Waals surface area contributed by atoms with Crippen molar-refractivity contribution < 1.29 is 4.39 Å². The molecule has 1 fully saturated rings. The van der Waals surface area contributed by atoms with E-state index >= 15 is 0 Å². The van der Waals surface area contributed by atoms with Gasteiger partial charge >= 0.3 is 0 Å². The van der Waals surface area contributed by atoms with Gasteiger partial charge < -0.3 is 0 Å². The Balaban J connectivity index is 2.09. The van der Waals surface area contributed by atoms with Crippen molar-refractivity contribution in [1.82, 2.24) is 5.43 Å². The quantitative estimate of drug-likeness (QED) is 0.603. The van der Waals surface area contributed by atoms with Gasteiger partial charge in [-0.15, -0.1) is 11.8 Å². The first-order valence-corrected chi connectivity index (χ1v) is 8.24. The number of thioether (sulfide) groups is 1. The van der Waals surface area contributed by atoms with Gasteiger partial charge in [0.15, 0.2) is 0 Å². The van der Waals surface area contributed by atoms with Gasteiger partial charge in [-0.2, -0.15) is 5.26 Å². The predicted molar refractivity (Wildman–Crippen MR) is 83.4 cm³/mol. The van der Waals surface area contributed by atoms with Gasteiger partial charge in [0, 0.05) is 15.8 Å². The maximum Gasteiger partial charge on any atom is 0.128 e. The van der Waals surface area contributed by atoms with Crippen LogP contribution < -0.4 is 11.3 Å². The fourth-order valence-corrected chi connectivity index (χ4v) is 3.84. The van der Waals surface area contributed by atoms with E-state index in [0.29, 0.717) is 17.2 Å². The van der Waals surface area contributed by atoms with Crippen LogP contribution in [0.25, 0.3) is 0 Å². The Hall–Kier alpha value is -0.610. The molecule has 0 aromatic heterocycles. The molecule has 2 atom stereocenters. The molecule has 1 aliphatic carbocycles. The molecule has 2 rings (SSSR count). The number of hydrogen-bond acceptors (Lipinski definition) is 4. The molecule has 2 unspecified atom stereocenters. The summed E-state index contributed by atoms with van der Waals surface area (Å²) in [7, 11) is 0. The number of nitrogens with two attached hydrogens (primary N) is 1. The summed E-state index contributed by atoms with van der Waals surface area (Å²) in [6, 6.07) is 6.87. The number of nitriles is 1. The Morgan fingerprint density at radius 3 is 2.90 bits per heavy atom. The fraction of sp³-hybridized carbons (Fsp3) is 0.500. The summed E-state index contributed by atoms with van der Waals surface area (Å²) in [6.45, 7) is 1.96. The zero-order chi connectivity index (χ0) is 14.8. The van der Waals surface area contributed by atoms with Gasteiger partial charge in [-0.05, 0) is 43.9 Å². The Morgan fingerprint density at radius 1 is 1.65 bits per heavy atom. The van der Waals surface area contributed by atoms with E-state index in [1.807, 2.05) is 6.92 Å². The molecular formula is C14H17BrFN3S. The lowest BCUT2D eigenvalue weighted by Crippen LogP contribution is -2.32. The van der Waals surface area contributed by atoms with Gasteiger partial charge in [0.25, 0.3) is 0 Å². The predicted octanol–water partition coefficient (Wildman–Crippen LogP) is 3.52. The fourth-order valence-electron chi connectivity index (χ4n) is 2.14. The molecular weight excluding hydrogens is 341 g/mol. The van der Waals surface area contributed by atoms with E-state index in [9.17, 15) is 9.65 Å². The van der Waals surface area contributed by atoms with E-state index in [4.69, 9.17) is 5.84 Å². The van der Waals surface area contributed by atoms with Gasteiger partial charge in [0.2, 0.25) is 0 Å². The SMILES string of the molecule is CC(C#N)(SCC(NN)c1cc(Br)ccc1F)C1CC1. The van der Waals surface area contributed by atoms with Crippen molar-refractivity contribution in [2.75, 3.05) is 5.75 Å². The zero-order valence-electron chi connectivity index (χ0n) is 11.2. The summed E-state index contributed by atoms with van der Waals surface area (Å²) in [5, 5.41) is 9.35. The van der Waals surface area contributed by atoms with Gasteiger partial charge in [-0.25, -0.2) is 4.39 Å². The Morgan fingerprint density at radius 2 is 2.35 bits per heavy atom. The number of hydrogen-bond donors (Lipinski definition) is 2. The van der Waals surface area contributed by atoms with E-state index in [1.54, 1.807) is 23.9 Å². The van der Waals surface area contributed by atoms with Crippen molar-refractivity contribution in [2.45, 2.75) is 30.6 Å². The number of nitrogens with one attached hydrogen (secondary N) is 1. The van der Waals surface area contributed by atoms with Crippen LogP contribution in [0.15, 0.2) is 22.7 Å². The molecule has 20 heavy (non-hydrogen) atoms. The highest BCUT2D eigenvalue weighted by Crippen LogP contribution is 2.47. The molecule has 1 aromatic carbocycles. The van der Waals surface area contributed by atoms with Crippen molar-refractivity contribution in [3.8, 4) is 6.07 Å². The third-order valence-corrected chi connectivity index (χ3v) is 5.68. The van der Waals surface area contributed by atoms with Gasteiger partial charge in [0.05, 0.1) is 12.1 Å². The van der Waals surface area contributed by atoms with Crippen molar-refractivity contribution >= 4 is 27.7 Å². The summed E-state index contributed by atoms with van der Waals surface area (Å²) in [4.78, 5) is 0. The molecule has 0 radical (unpaired) electrons. The minimum atomic E-state index is -0.405. The molecule has 0 amide bonds. The maximum atomic E-state index is 13.9.